The molecule has 0 heterocycles. The average Bonchev–Trinajstić information content (AvgIpc) is 2.46. The molecule has 0 aliphatic rings. The van der Waals surface area contributed by atoms with Crippen LogP contribution in [-0.4, -0.2) is 11.0 Å². The number of hydrogen-bond acceptors (Lipinski definition) is 2. The first-order valence-electron chi connectivity index (χ1n) is 6.02. The molecule has 0 fully saturated rings. The first-order chi connectivity index (χ1) is 9.60. The molecule has 0 saturated carbocycles. The van der Waals surface area contributed by atoms with Crippen LogP contribution in [0, 0.1) is 5.82 Å². The van der Waals surface area contributed by atoms with Crippen LogP contribution in [0.3, 0.4) is 0 Å². The van der Waals surface area contributed by atoms with Crippen LogP contribution in [0.25, 0.3) is 0 Å². The van der Waals surface area contributed by atoms with Crippen molar-refractivity contribution >= 4 is 21.8 Å². The second-order valence-electron chi connectivity index (χ2n) is 4.27. The van der Waals surface area contributed by atoms with Gasteiger partial charge < -0.3 is 10.4 Å². The van der Waals surface area contributed by atoms with Crippen molar-refractivity contribution in [3.63, 3.8) is 0 Å². The van der Waals surface area contributed by atoms with E-state index in [0.29, 0.717) is 5.56 Å². The monoisotopic (exact) mass is 337 g/mol. The summed E-state index contributed by atoms with van der Waals surface area (Å²) in [6.07, 6.45) is 0. The van der Waals surface area contributed by atoms with Crippen LogP contribution < -0.4 is 5.32 Å². The highest BCUT2D eigenvalue weighted by Gasteiger charge is 2.06. The highest BCUT2D eigenvalue weighted by atomic mass is 79.9. The smallest absolute Gasteiger partial charge is 0.251 e. The molecule has 0 bridgehead atoms. The molecule has 0 spiro atoms. The predicted octanol–water partition coefficient (Wildman–Crippen LogP) is 3.01. The van der Waals surface area contributed by atoms with Gasteiger partial charge >= 0.3 is 0 Å². The second kappa shape index (κ2) is 6.63. The third kappa shape index (κ3) is 3.65. The van der Waals surface area contributed by atoms with Crippen molar-refractivity contribution < 1.29 is 14.3 Å². The first kappa shape index (κ1) is 14.7. The summed E-state index contributed by atoms with van der Waals surface area (Å²) in [4.78, 5) is 11.9. The normalized spacial score (nSPS) is 10.3. The molecule has 2 aromatic rings. The van der Waals surface area contributed by atoms with Gasteiger partial charge in [-0.3, -0.25) is 4.79 Å². The maximum absolute atomic E-state index is 13.2. The summed E-state index contributed by atoms with van der Waals surface area (Å²) >= 11 is 3.30. The molecule has 2 rings (SSSR count). The largest absolute Gasteiger partial charge is 0.392 e. The third-order valence-electron chi connectivity index (χ3n) is 2.84. The fourth-order valence-corrected chi connectivity index (χ4v) is 2.01. The van der Waals surface area contributed by atoms with Crippen molar-refractivity contribution in [3.05, 3.63) is 69.4 Å². The van der Waals surface area contributed by atoms with Crippen LogP contribution in [0.1, 0.15) is 21.5 Å². The van der Waals surface area contributed by atoms with Gasteiger partial charge in [-0.25, -0.2) is 4.39 Å². The van der Waals surface area contributed by atoms with E-state index < -0.39 is 5.82 Å². The maximum atomic E-state index is 13.2. The minimum atomic E-state index is -0.449. The quantitative estimate of drug-likeness (QED) is 0.900. The van der Waals surface area contributed by atoms with E-state index in [1.165, 1.54) is 12.1 Å². The molecule has 20 heavy (non-hydrogen) atoms. The number of carbonyl (C=O) groups is 1. The zero-order valence-corrected chi connectivity index (χ0v) is 12.2. The Hall–Kier alpha value is -1.72. The molecule has 2 N–H and O–H groups in total. The molecule has 0 aliphatic carbocycles. The van der Waals surface area contributed by atoms with Crippen LogP contribution in [0.15, 0.2) is 46.9 Å². The van der Waals surface area contributed by atoms with Crippen molar-refractivity contribution in [2.75, 3.05) is 0 Å². The Labute approximate surface area is 124 Å². The number of benzene rings is 2. The molecular weight excluding hydrogens is 325 g/mol. The fourth-order valence-electron chi connectivity index (χ4n) is 1.74. The lowest BCUT2D eigenvalue weighted by molar-refractivity contribution is 0.0951. The van der Waals surface area contributed by atoms with E-state index in [0.717, 1.165) is 10.0 Å². The highest BCUT2D eigenvalue weighted by Crippen LogP contribution is 2.12. The molecule has 1 amide bonds. The van der Waals surface area contributed by atoms with Crippen molar-refractivity contribution in [3.8, 4) is 0 Å². The van der Waals surface area contributed by atoms with Crippen molar-refractivity contribution in [2.45, 2.75) is 13.2 Å². The molecule has 0 radical (unpaired) electrons. The van der Waals surface area contributed by atoms with Crippen LogP contribution in [-0.2, 0) is 13.2 Å². The molecule has 0 unspecified atom stereocenters. The van der Waals surface area contributed by atoms with E-state index >= 15 is 0 Å². The molecular formula is C15H13BrFNO2. The van der Waals surface area contributed by atoms with E-state index in [4.69, 9.17) is 5.11 Å². The standard InChI is InChI=1S/C15H13BrFNO2/c16-13-4-2-11(3-5-13)15(20)18-8-10-1-6-14(17)12(7-10)9-19/h1-7,19H,8-9H2,(H,18,20). The van der Waals surface area contributed by atoms with Gasteiger partial charge in [0.1, 0.15) is 5.82 Å². The highest BCUT2D eigenvalue weighted by molar-refractivity contribution is 9.10. The Bertz CT molecular complexity index is 614. The van der Waals surface area contributed by atoms with Gasteiger partial charge in [0, 0.05) is 22.1 Å². The molecule has 5 heteroatoms. The molecule has 104 valence electrons. The van der Waals surface area contributed by atoms with Gasteiger partial charge in [0.15, 0.2) is 0 Å². The SMILES string of the molecule is O=C(NCc1ccc(F)c(CO)c1)c1ccc(Br)cc1. The number of halogens is 2. The number of carbonyl (C=O) groups excluding carboxylic acids is 1. The molecule has 3 nitrogen and oxygen atoms in total. The Kier molecular flexibility index (Phi) is 4.87. The number of nitrogens with one attached hydrogen (secondary N) is 1. The predicted molar refractivity (Wildman–Crippen MR) is 77.6 cm³/mol. The van der Waals surface area contributed by atoms with Gasteiger partial charge in [-0.2, -0.15) is 0 Å². The third-order valence-corrected chi connectivity index (χ3v) is 3.37. The number of amides is 1. The Morgan fingerprint density at radius 3 is 2.55 bits per heavy atom. The maximum Gasteiger partial charge on any atom is 0.251 e. The van der Waals surface area contributed by atoms with Gasteiger partial charge in [0.25, 0.3) is 5.91 Å². The summed E-state index contributed by atoms with van der Waals surface area (Å²) in [6, 6.07) is 11.4. The van der Waals surface area contributed by atoms with Gasteiger partial charge in [-0.05, 0) is 42.0 Å². The number of aliphatic hydroxyl groups excluding tert-OH is 1. The lowest BCUT2D eigenvalue weighted by atomic mass is 10.1. The van der Waals surface area contributed by atoms with Crippen LogP contribution >= 0.6 is 15.9 Å². The summed E-state index contributed by atoms with van der Waals surface area (Å²) in [5.74, 6) is -0.650. The van der Waals surface area contributed by atoms with Gasteiger partial charge in [-0.1, -0.05) is 22.0 Å². The average molecular weight is 338 g/mol. The minimum Gasteiger partial charge on any atom is -0.392 e. The summed E-state index contributed by atoms with van der Waals surface area (Å²) in [6.45, 7) is -0.0808. The molecule has 0 saturated heterocycles. The number of aliphatic hydroxyl groups is 1. The van der Waals surface area contributed by atoms with E-state index in [-0.39, 0.29) is 24.6 Å². The van der Waals surface area contributed by atoms with Crippen molar-refractivity contribution in [2.24, 2.45) is 0 Å². The zero-order chi connectivity index (χ0) is 14.5. The first-order valence-corrected chi connectivity index (χ1v) is 6.81. The van der Waals surface area contributed by atoms with E-state index in [2.05, 4.69) is 21.2 Å². The topological polar surface area (TPSA) is 49.3 Å². The van der Waals surface area contributed by atoms with Gasteiger partial charge in [0.05, 0.1) is 6.61 Å². The molecule has 0 aliphatic heterocycles. The van der Waals surface area contributed by atoms with E-state index in [1.54, 1.807) is 30.3 Å². The molecule has 2 aromatic carbocycles. The second-order valence-corrected chi connectivity index (χ2v) is 5.19. The summed E-state index contributed by atoms with van der Waals surface area (Å²) in [5, 5.41) is 11.7. The number of hydrogen-bond donors (Lipinski definition) is 2. The summed E-state index contributed by atoms with van der Waals surface area (Å²) < 4.78 is 14.1. The van der Waals surface area contributed by atoms with Crippen LogP contribution in [0.2, 0.25) is 0 Å². The fraction of sp³-hybridized carbons (Fsp3) is 0.133. The van der Waals surface area contributed by atoms with E-state index in [1.807, 2.05) is 0 Å². The number of rotatable bonds is 4. The van der Waals surface area contributed by atoms with Crippen molar-refractivity contribution in [1.29, 1.82) is 0 Å². The molecule has 0 atom stereocenters. The summed E-state index contributed by atoms with van der Waals surface area (Å²) in [7, 11) is 0. The Balaban J connectivity index is 2.01. The Morgan fingerprint density at radius 1 is 1.20 bits per heavy atom. The summed E-state index contributed by atoms with van der Waals surface area (Å²) in [5.41, 5.74) is 1.51. The lowest BCUT2D eigenvalue weighted by Gasteiger charge is -2.07. The Morgan fingerprint density at radius 2 is 1.90 bits per heavy atom. The molecule has 0 aromatic heterocycles. The minimum absolute atomic E-state index is 0.202. The van der Waals surface area contributed by atoms with Gasteiger partial charge in [-0.15, -0.1) is 0 Å². The zero-order valence-electron chi connectivity index (χ0n) is 10.6. The van der Waals surface area contributed by atoms with Crippen LogP contribution in [0.4, 0.5) is 4.39 Å². The van der Waals surface area contributed by atoms with Crippen LogP contribution in [0.5, 0.6) is 0 Å². The lowest BCUT2D eigenvalue weighted by Crippen LogP contribution is -2.22. The van der Waals surface area contributed by atoms with E-state index in [9.17, 15) is 9.18 Å². The van der Waals surface area contributed by atoms with Crippen molar-refractivity contribution in [1.82, 2.24) is 5.32 Å². The van der Waals surface area contributed by atoms with Gasteiger partial charge in [0.2, 0.25) is 0 Å².